The Bertz CT molecular complexity index is 1480. The zero-order valence-electron chi connectivity index (χ0n) is 20.2. The molecule has 1 fully saturated rings. The Hall–Kier alpha value is -4.18. The first-order chi connectivity index (χ1) is 17.9. The second kappa shape index (κ2) is 9.04. The van der Waals surface area contributed by atoms with Crippen LogP contribution in [0.25, 0.3) is 10.9 Å². The van der Waals surface area contributed by atoms with E-state index in [9.17, 15) is 20.0 Å². The molecule has 9 nitrogen and oxygen atoms in total. The minimum absolute atomic E-state index is 0.0271. The number of para-hydroxylation sites is 1. The molecule has 0 radical (unpaired) electrons. The zero-order valence-corrected chi connectivity index (χ0v) is 20.2. The average Bonchev–Trinajstić information content (AvgIpc) is 3.29. The Morgan fingerprint density at radius 2 is 1.78 bits per heavy atom. The number of piperazine rings is 1. The lowest BCUT2D eigenvalue weighted by atomic mass is 9.86. The van der Waals surface area contributed by atoms with Crippen LogP contribution >= 0.6 is 0 Å². The lowest BCUT2D eigenvalue weighted by Crippen LogP contribution is -2.99. The molecule has 2 amide bonds. The summed E-state index contributed by atoms with van der Waals surface area (Å²) >= 11 is 0. The molecule has 3 heterocycles. The molecule has 6 rings (SSSR count). The van der Waals surface area contributed by atoms with Crippen LogP contribution in [0, 0.1) is 5.21 Å². The van der Waals surface area contributed by atoms with Crippen LogP contribution in [0.5, 0.6) is 5.75 Å². The van der Waals surface area contributed by atoms with Gasteiger partial charge in [0.2, 0.25) is 11.8 Å². The number of nitrogens with one attached hydrogen (secondary N) is 2. The maximum Gasteiger partial charge on any atom is 0.246 e. The maximum absolute atomic E-state index is 13.8. The summed E-state index contributed by atoms with van der Waals surface area (Å²) in [4.78, 5) is 34.3. The van der Waals surface area contributed by atoms with Crippen molar-refractivity contribution in [2.24, 2.45) is 0 Å². The van der Waals surface area contributed by atoms with Crippen molar-refractivity contribution < 1.29 is 24.8 Å². The normalized spacial score (nSPS) is 20.1. The summed E-state index contributed by atoms with van der Waals surface area (Å²) in [5.74, 6) is 0.486. The number of benzene rings is 3. The Labute approximate surface area is 213 Å². The molecule has 1 aromatic heterocycles. The Morgan fingerprint density at radius 3 is 2.49 bits per heavy atom. The molecular formula is C28H26N4O5. The van der Waals surface area contributed by atoms with E-state index in [4.69, 9.17) is 4.74 Å². The molecule has 2 aliphatic rings. The van der Waals surface area contributed by atoms with Crippen LogP contribution in [0.3, 0.4) is 0 Å². The van der Waals surface area contributed by atoms with Gasteiger partial charge in [-0.25, -0.2) is 5.21 Å². The van der Waals surface area contributed by atoms with Gasteiger partial charge in [0.05, 0.1) is 13.2 Å². The van der Waals surface area contributed by atoms with Crippen LogP contribution in [0.4, 0.5) is 5.69 Å². The molecule has 2 aliphatic heterocycles. The summed E-state index contributed by atoms with van der Waals surface area (Å²) in [6.45, 7) is 0.304. The van der Waals surface area contributed by atoms with Crippen molar-refractivity contribution in [2.45, 2.75) is 25.0 Å². The van der Waals surface area contributed by atoms with E-state index in [-0.39, 0.29) is 24.0 Å². The fourth-order valence-electron chi connectivity index (χ4n) is 5.56. The molecule has 3 N–H and O–H groups in total. The number of carbonyl (C=O) groups is 2. The SMILES string of the molecule is COc1ccc(CN2CC(=O)N3C(c4ccc([NH+]([O-])O)cc4)c4[nH]c5ccccc5c4C[C@H]3C2=O)cc1. The summed E-state index contributed by atoms with van der Waals surface area (Å²) in [6, 6.07) is 20.7. The number of carbonyl (C=O) groups excluding carboxylic acids is 2. The van der Waals surface area contributed by atoms with Gasteiger partial charge in [-0.05, 0) is 34.9 Å². The molecule has 1 saturated heterocycles. The number of H-pyrrole nitrogens is 1. The Morgan fingerprint density at radius 1 is 1.05 bits per heavy atom. The van der Waals surface area contributed by atoms with Gasteiger partial charge in [0.25, 0.3) is 0 Å². The number of rotatable bonds is 5. The number of fused-ring (bicyclic) bond motifs is 4. The highest BCUT2D eigenvalue weighted by atomic mass is 16.8. The first kappa shape index (κ1) is 23.2. The van der Waals surface area contributed by atoms with Crippen molar-refractivity contribution in [3.63, 3.8) is 0 Å². The van der Waals surface area contributed by atoms with Crippen molar-refractivity contribution >= 4 is 28.4 Å². The monoisotopic (exact) mass is 498 g/mol. The van der Waals surface area contributed by atoms with Crippen LogP contribution in [0.1, 0.15) is 28.4 Å². The zero-order chi connectivity index (χ0) is 25.7. The third-order valence-electron chi connectivity index (χ3n) is 7.35. The third-order valence-corrected chi connectivity index (χ3v) is 7.35. The average molecular weight is 499 g/mol. The van der Waals surface area contributed by atoms with Crippen molar-refractivity contribution in [1.82, 2.24) is 14.8 Å². The lowest BCUT2D eigenvalue weighted by Gasteiger charge is -2.47. The molecule has 0 saturated carbocycles. The third kappa shape index (κ3) is 3.93. The Kier molecular flexibility index (Phi) is 5.68. The number of aromatic nitrogens is 1. The molecule has 3 atom stereocenters. The summed E-state index contributed by atoms with van der Waals surface area (Å²) in [5, 5.41) is 20.8. The summed E-state index contributed by atoms with van der Waals surface area (Å²) in [5.41, 5.74) is 4.66. The van der Waals surface area contributed by atoms with Gasteiger partial charge < -0.3 is 24.7 Å². The van der Waals surface area contributed by atoms with Crippen molar-refractivity contribution in [3.8, 4) is 5.75 Å². The van der Waals surface area contributed by atoms with Gasteiger partial charge in [-0.15, -0.1) is 0 Å². The molecule has 0 spiro atoms. The van der Waals surface area contributed by atoms with E-state index in [0.29, 0.717) is 13.0 Å². The van der Waals surface area contributed by atoms with Gasteiger partial charge in [0, 0.05) is 41.7 Å². The topological polar surface area (TPSA) is 113 Å². The second-order valence-electron chi connectivity index (χ2n) is 9.46. The molecule has 2 unspecified atom stereocenters. The predicted molar refractivity (Wildman–Crippen MR) is 135 cm³/mol. The Balaban J connectivity index is 1.41. The fourth-order valence-corrected chi connectivity index (χ4v) is 5.56. The smallest absolute Gasteiger partial charge is 0.246 e. The number of amides is 2. The van der Waals surface area contributed by atoms with Gasteiger partial charge in [0.1, 0.15) is 18.3 Å². The number of aromatic amines is 1. The largest absolute Gasteiger partial charge is 0.595 e. The fraction of sp³-hybridized carbons (Fsp3) is 0.214. The number of hydrogen-bond donors (Lipinski definition) is 3. The molecule has 4 aromatic rings. The molecule has 9 heteroatoms. The van der Waals surface area contributed by atoms with Gasteiger partial charge in [-0.1, -0.05) is 42.5 Å². The number of hydrogen-bond acceptors (Lipinski definition) is 5. The first-order valence-electron chi connectivity index (χ1n) is 12.1. The van der Waals surface area contributed by atoms with Crippen molar-refractivity contribution in [1.29, 1.82) is 0 Å². The van der Waals surface area contributed by atoms with Crippen LogP contribution in [-0.4, -0.2) is 51.5 Å². The molecule has 0 aliphatic carbocycles. The lowest BCUT2D eigenvalue weighted by molar-refractivity contribution is -0.991. The maximum atomic E-state index is 13.8. The van der Waals surface area contributed by atoms with E-state index in [1.807, 2.05) is 48.5 Å². The summed E-state index contributed by atoms with van der Waals surface area (Å²) < 4.78 is 5.23. The number of methoxy groups -OCH3 is 1. The van der Waals surface area contributed by atoms with Crippen LogP contribution in [0.15, 0.2) is 72.8 Å². The predicted octanol–water partition coefficient (Wildman–Crippen LogP) is 2.46. The molecule has 188 valence electrons. The highest BCUT2D eigenvalue weighted by Gasteiger charge is 2.48. The van der Waals surface area contributed by atoms with Crippen molar-refractivity contribution in [2.75, 3.05) is 13.7 Å². The number of nitrogens with zero attached hydrogens (tertiary/aromatic N) is 2. The second-order valence-corrected chi connectivity index (χ2v) is 9.46. The van der Waals surface area contributed by atoms with E-state index < -0.39 is 17.3 Å². The van der Waals surface area contributed by atoms with E-state index >= 15 is 0 Å². The summed E-state index contributed by atoms with van der Waals surface area (Å²) in [6.07, 6.45) is 0.409. The van der Waals surface area contributed by atoms with E-state index in [1.165, 1.54) is 12.1 Å². The van der Waals surface area contributed by atoms with Gasteiger partial charge >= 0.3 is 0 Å². The molecular weight excluding hydrogens is 472 g/mol. The molecule has 3 aromatic carbocycles. The minimum Gasteiger partial charge on any atom is -0.595 e. The minimum atomic E-state index is -1.02. The number of ether oxygens (including phenoxy) is 1. The van der Waals surface area contributed by atoms with Crippen molar-refractivity contribution in [3.05, 3.63) is 100 Å². The molecule has 0 bridgehead atoms. The first-order valence-corrected chi connectivity index (χ1v) is 12.1. The number of quaternary nitrogens is 1. The van der Waals surface area contributed by atoms with Crippen LogP contribution in [0.2, 0.25) is 0 Å². The van der Waals surface area contributed by atoms with E-state index in [2.05, 4.69) is 4.98 Å². The highest BCUT2D eigenvalue weighted by Crippen LogP contribution is 2.42. The summed E-state index contributed by atoms with van der Waals surface area (Å²) in [7, 11) is 1.60. The van der Waals surface area contributed by atoms with Gasteiger partial charge in [-0.3, -0.25) is 9.59 Å². The van der Waals surface area contributed by atoms with Gasteiger partial charge in [0.15, 0.2) is 5.69 Å². The van der Waals surface area contributed by atoms with Crippen LogP contribution in [-0.2, 0) is 22.6 Å². The quantitative estimate of drug-likeness (QED) is 0.366. The van der Waals surface area contributed by atoms with Crippen LogP contribution < -0.4 is 9.96 Å². The van der Waals surface area contributed by atoms with E-state index in [0.717, 1.165) is 39.0 Å². The highest BCUT2D eigenvalue weighted by molar-refractivity contribution is 5.97. The molecule has 37 heavy (non-hydrogen) atoms. The standard InChI is InChI=1S/C28H26N4O5/c1-37-20-12-6-17(7-13-20)15-30-16-25(33)31-24(28(30)34)14-22-21-4-2-3-5-23(21)29-26(22)27(31)18-8-10-19(11-9-18)32(35)36/h2-13,24,27,29,32,35H,14-16H2,1H3/t24-,27?/m0/s1. The van der Waals surface area contributed by atoms with E-state index in [1.54, 1.807) is 29.0 Å². The van der Waals surface area contributed by atoms with Gasteiger partial charge in [-0.2, -0.15) is 5.23 Å².